The quantitative estimate of drug-likeness (QED) is 0.573. The Kier molecular flexibility index (Phi) is 6.21. The lowest BCUT2D eigenvalue weighted by Crippen LogP contribution is -2.28. The van der Waals surface area contributed by atoms with E-state index in [0.29, 0.717) is 11.7 Å². The SMILES string of the molecule is C[C@@H]1CCCN1CCc1ccc(-c2ccc(S(=O)(=O)Nc3ccccc3)cc2)cc1. The molecule has 3 aromatic rings. The molecule has 1 aliphatic rings. The van der Waals surface area contributed by atoms with Crippen molar-refractivity contribution >= 4 is 15.7 Å². The highest BCUT2D eigenvalue weighted by atomic mass is 32.2. The lowest BCUT2D eigenvalue weighted by atomic mass is 10.0. The number of sulfonamides is 1. The Morgan fingerprint density at radius 1 is 0.900 bits per heavy atom. The van der Waals surface area contributed by atoms with Crippen molar-refractivity contribution in [3.63, 3.8) is 0 Å². The summed E-state index contributed by atoms with van der Waals surface area (Å²) in [5.41, 5.74) is 3.99. The highest BCUT2D eigenvalue weighted by Crippen LogP contribution is 2.24. The maximum Gasteiger partial charge on any atom is 0.261 e. The van der Waals surface area contributed by atoms with Crippen molar-refractivity contribution in [2.45, 2.75) is 37.1 Å². The van der Waals surface area contributed by atoms with Crippen molar-refractivity contribution in [1.82, 2.24) is 4.90 Å². The summed E-state index contributed by atoms with van der Waals surface area (Å²) in [7, 11) is -3.59. The fraction of sp³-hybridized carbons (Fsp3) is 0.280. The molecule has 0 saturated carbocycles. The molecule has 156 valence electrons. The number of likely N-dealkylation sites (tertiary alicyclic amines) is 1. The highest BCUT2D eigenvalue weighted by molar-refractivity contribution is 7.92. The van der Waals surface area contributed by atoms with E-state index in [1.807, 2.05) is 18.2 Å². The molecule has 1 saturated heterocycles. The van der Waals surface area contributed by atoms with Gasteiger partial charge in [0.2, 0.25) is 0 Å². The normalized spacial score (nSPS) is 17.2. The van der Waals surface area contributed by atoms with Crippen LogP contribution in [-0.2, 0) is 16.4 Å². The third kappa shape index (κ3) is 4.91. The molecule has 4 rings (SSSR count). The molecule has 0 spiro atoms. The number of rotatable bonds is 7. The molecule has 0 amide bonds. The average Bonchev–Trinajstić information content (AvgIpc) is 3.18. The van der Waals surface area contributed by atoms with Crippen LogP contribution < -0.4 is 4.72 Å². The molecule has 0 radical (unpaired) electrons. The minimum absolute atomic E-state index is 0.256. The predicted molar refractivity (Wildman–Crippen MR) is 123 cm³/mol. The summed E-state index contributed by atoms with van der Waals surface area (Å²) in [5, 5.41) is 0. The van der Waals surface area contributed by atoms with Gasteiger partial charge in [0.05, 0.1) is 4.90 Å². The summed E-state index contributed by atoms with van der Waals surface area (Å²) < 4.78 is 27.8. The second kappa shape index (κ2) is 9.02. The Morgan fingerprint density at radius 3 is 2.13 bits per heavy atom. The standard InChI is InChI=1S/C25H28N2O2S/c1-20-6-5-18-27(20)19-17-21-9-11-22(12-10-21)23-13-15-25(16-14-23)30(28,29)26-24-7-3-2-4-8-24/h2-4,7-16,20,26H,5-6,17-19H2,1H3/t20-/m1/s1. The molecular weight excluding hydrogens is 392 g/mol. The zero-order valence-electron chi connectivity index (χ0n) is 17.3. The summed E-state index contributed by atoms with van der Waals surface area (Å²) in [4.78, 5) is 2.82. The van der Waals surface area contributed by atoms with E-state index in [-0.39, 0.29) is 4.90 Å². The predicted octanol–water partition coefficient (Wildman–Crippen LogP) is 5.18. The van der Waals surface area contributed by atoms with Crippen molar-refractivity contribution in [3.8, 4) is 11.1 Å². The van der Waals surface area contributed by atoms with Crippen molar-refractivity contribution in [2.75, 3.05) is 17.8 Å². The van der Waals surface area contributed by atoms with E-state index in [1.165, 1.54) is 24.9 Å². The van der Waals surface area contributed by atoms with Crippen LogP contribution >= 0.6 is 0 Å². The van der Waals surface area contributed by atoms with Gasteiger partial charge in [-0.3, -0.25) is 4.72 Å². The van der Waals surface area contributed by atoms with Gasteiger partial charge in [0, 0.05) is 18.3 Å². The molecule has 0 unspecified atom stereocenters. The van der Waals surface area contributed by atoms with E-state index in [9.17, 15) is 8.42 Å². The molecule has 30 heavy (non-hydrogen) atoms. The Labute approximate surface area is 179 Å². The largest absolute Gasteiger partial charge is 0.300 e. The van der Waals surface area contributed by atoms with Gasteiger partial charge in [-0.2, -0.15) is 0 Å². The Balaban J connectivity index is 1.41. The third-order valence-corrected chi connectivity index (χ3v) is 7.25. The molecule has 5 heteroatoms. The Bertz CT molecular complexity index is 1060. The van der Waals surface area contributed by atoms with Crippen LogP contribution in [0.4, 0.5) is 5.69 Å². The van der Waals surface area contributed by atoms with Crippen LogP contribution in [0, 0.1) is 0 Å². The molecule has 1 fully saturated rings. The van der Waals surface area contributed by atoms with Crippen molar-refractivity contribution in [2.24, 2.45) is 0 Å². The second-order valence-electron chi connectivity index (χ2n) is 7.97. The van der Waals surface area contributed by atoms with Crippen LogP contribution in [-0.4, -0.2) is 32.4 Å². The van der Waals surface area contributed by atoms with E-state index >= 15 is 0 Å². The van der Waals surface area contributed by atoms with E-state index < -0.39 is 10.0 Å². The van der Waals surface area contributed by atoms with Gasteiger partial charge < -0.3 is 4.90 Å². The van der Waals surface area contributed by atoms with E-state index in [1.54, 1.807) is 36.4 Å². The number of nitrogens with one attached hydrogen (secondary N) is 1. The third-order valence-electron chi connectivity index (χ3n) is 5.86. The van der Waals surface area contributed by atoms with Gasteiger partial charge in [0.15, 0.2) is 0 Å². The number of anilines is 1. The maximum atomic E-state index is 12.6. The van der Waals surface area contributed by atoms with Gasteiger partial charge in [0.1, 0.15) is 0 Å². The summed E-state index contributed by atoms with van der Waals surface area (Å²) >= 11 is 0. The molecule has 0 aromatic heterocycles. The van der Waals surface area contributed by atoms with Crippen molar-refractivity contribution < 1.29 is 8.42 Å². The second-order valence-corrected chi connectivity index (χ2v) is 9.65. The highest BCUT2D eigenvalue weighted by Gasteiger charge is 2.19. The molecule has 4 nitrogen and oxygen atoms in total. The molecule has 0 aliphatic carbocycles. The molecule has 0 bridgehead atoms. The van der Waals surface area contributed by atoms with Gasteiger partial charge in [0.25, 0.3) is 10.0 Å². The smallest absolute Gasteiger partial charge is 0.261 e. The summed E-state index contributed by atoms with van der Waals surface area (Å²) in [5.74, 6) is 0. The van der Waals surface area contributed by atoms with Crippen LogP contribution in [0.25, 0.3) is 11.1 Å². The number of hydrogen-bond donors (Lipinski definition) is 1. The van der Waals surface area contributed by atoms with E-state index in [2.05, 4.69) is 40.8 Å². The number of hydrogen-bond acceptors (Lipinski definition) is 3. The van der Waals surface area contributed by atoms with Crippen molar-refractivity contribution in [3.05, 3.63) is 84.4 Å². The van der Waals surface area contributed by atoms with Gasteiger partial charge in [-0.1, -0.05) is 54.6 Å². The summed E-state index contributed by atoms with van der Waals surface area (Å²) in [6, 6.07) is 25.3. The first kappa shape index (κ1) is 20.6. The van der Waals surface area contributed by atoms with Crippen LogP contribution in [0.3, 0.4) is 0 Å². The summed E-state index contributed by atoms with van der Waals surface area (Å²) in [6.07, 6.45) is 3.69. The van der Waals surface area contributed by atoms with Gasteiger partial charge in [-0.25, -0.2) is 8.42 Å². The molecule has 1 heterocycles. The number of benzene rings is 3. The number of nitrogens with zero attached hydrogens (tertiary/aromatic N) is 1. The molecular formula is C25H28N2O2S. The minimum Gasteiger partial charge on any atom is -0.300 e. The van der Waals surface area contributed by atoms with Crippen LogP contribution in [0.2, 0.25) is 0 Å². The Hall–Kier alpha value is -2.63. The fourth-order valence-electron chi connectivity index (χ4n) is 4.01. The Morgan fingerprint density at radius 2 is 1.53 bits per heavy atom. The van der Waals surface area contributed by atoms with Gasteiger partial charge in [-0.05, 0) is 73.7 Å². The zero-order valence-corrected chi connectivity index (χ0v) is 18.1. The first-order chi connectivity index (χ1) is 14.5. The maximum absolute atomic E-state index is 12.6. The zero-order chi connectivity index (χ0) is 21.0. The topological polar surface area (TPSA) is 49.4 Å². The van der Waals surface area contributed by atoms with Crippen LogP contribution in [0.5, 0.6) is 0 Å². The average molecular weight is 421 g/mol. The minimum atomic E-state index is -3.59. The first-order valence-corrected chi connectivity index (χ1v) is 12.0. The molecule has 1 N–H and O–H groups in total. The van der Waals surface area contributed by atoms with Gasteiger partial charge >= 0.3 is 0 Å². The molecule has 1 aliphatic heterocycles. The van der Waals surface area contributed by atoms with Crippen LogP contribution in [0.1, 0.15) is 25.3 Å². The lowest BCUT2D eigenvalue weighted by Gasteiger charge is -2.20. The lowest BCUT2D eigenvalue weighted by molar-refractivity contribution is 0.272. The first-order valence-electron chi connectivity index (χ1n) is 10.5. The van der Waals surface area contributed by atoms with E-state index in [4.69, 9.17) is 0 Å². The summed E-state index contributed by atoms with van der Waals surface area (Å²) in [6.45, 7) is 4.64. The van der Waals surface area contributed by atoms with Crippen LogP contribution in [0.15, 0.2) is 83.8 Å². The van der Waals surface area contributed by atoms with Crippen molar-refractivity contribution in [1.29, 1.82) is 0 Å². The fourth-order valence-corrected chi connectivity index (χ4v) is 5.07. The number of para-hydroxylation sites is 1. The van der Waals surface area contributed by atoms with E-state index in [0.717, 1.165) is 24.1 Å². The molecule has 1 atom stereocenters. The molecule has 3 aromatic carbocycles. The monoisotopic (exact) mass is 420 g/mol. The van der Waals surface area contributed by atoms with Gasteiger partial charge in [-0.15, -0.1) is 0 Å².